The number of aliphatic hydroxyl groups is 4. The van der Waals surface area contributed by atoms with Crippen LogP contribution in [0.4, 0.5) is 10.5 Å². The number of anilines is 1. The van der Waals surface area contributed by atoms with Crippen LogP contribution in [0.3, 0.4) is 0 Å². The van der Waals surface area contributed by atoms with Crippen molar-refractivity contribution in [2.24, 2.45) is 0 Å². The summed E-state index contributed by atoms with van der Waals surface area (Å²) in [5.74, 6) is 0. The summed E-state index contributed by atoms with van der Waals surface area (Å²) < 4.78 is 10.3. The minimum Gasteiger partial charge on any atom is -0.416 e. The van der Waals surface area contributed by atoms with Gasteiger partial charge in [0.1, 0.15) is 37.6 Å². The van der Waals surface area contributed by atoms with E-state index < -0.39 is 36.8 Å². The Kier molecular flexibility index (Phi) is 8.13. The summed E-state index contributed by atoms with van der Waals surface area (Å²) in [6.45, 7) is 3.13. The van der Waals surface area contributed by atoms with E-state index in [1.807, 2.05) is 0 Å². The zero-order valence-corrected chi connectivity index (χ0v) is 14.4. The molecule has 1 amide bonds. The van der Waals surface area contributed by atoms with E-state index in [0.717, 1.165) is 0 Å². The smallest absolute Gasteiger partial charge is 0.414 e. The Balaban J connectivity index is 1.91. The van der Waals surface area contributed by atoms with Crippen molar-refractivity contribution in [2.45, 2.75) is 37.3 Å². The normalized spacial score (nSPS) is 27.8. The van der Waals surface area contributed by atoms with Gasteiger partial charge in [-0.25, -0.2) is 14.6 Å². The Morgan fingerprint density at radius 2 is 1.85 bits per heavy atom. The van der Waals surface area contributed by atoms with Gasteiger partial charge in [-0.05, 0) is 17.7 Å². The lowest BCUT2D eigenvalue weighted by molar-refractivity contribution is -0.338. The average Bonchev–Trinajstić information content (AvgIpc) is 2.67. The Hall–Kier alpha value is -2.05. The van der Waals surface area contributed by atoms with E-state index in [2.05, 4.69) is 11.9 Å². The molecular weight excluding hydrogens is 362 g/mol. The van der Waals surface area contributed by atoms with Crippen molar-refractivity contribution in [1.82, 2.24) is 0 Å². The molecule has 0 aromatic heterocycles. The summed E-state index contributed by atoms with van der Waals surface area (Å²) in [4.78, 5) is 21.5. The van der Waals surface area contributed by atoms with Gasteiger partial charge in [0.25, 0.3) is 0 Å². The molecule has 150 valence electrons. The highest BCUT2D eigenvalue weighted by molar-refractivity contribution is 5.84. The van der Waals surface area contributed by atoms with E-state index in [4.69, 9.17) is 24.4 Å². The fourth-order valence-electron chi connectivity index (χ4n) is 2.31. The van der Waals surface area contributed by atoms with Gasteiger partial charge in [-0.1, -0.05) is 18.2 Å². The summed E-state index contributed by atoms with van der Waals surface area (Å²) in [7, 11) is 0. The highest BCUT2D eigenvalue weighted by atomic mass is 17.2. The molecule has 0 saturated carbocycles. The van der Waals surface area contributed by atoms with E-state index in [-0.39, 0.29) is 19.8 Å². The molecule has 5 unspecified atom stereocenters. The van der Waals surface area contributed by atoms with Crippen LogP contribution >= 0.6 is 0 Å². The molecule has 2 rings (SSSR count). The van der Waals surface area contributed by atoms with Gasteiger partial charge in [-0.15, -0.1) is 6.58 Å². The Labute approximate surface area is 155 Å². The quantitative estimate of drug-likeness (QED) is 0.176. The van der Waals surface area contributed by atoms with Crippen LogP contribution in [0.5, 0.6) is 0 Å². The first-order chi connectivity index (χ1) is 13.0. The largest absolute Gasteiger partial charge is 0.416 e. The molecule has 0 aliphatic carbocycles. The van der Waals surface area contributed by atoms with Gasteiger partial charge in [0.05, 0.1) is 6.61 Å². The van der Waals surface area contributed by atoms with Gasteiger partial charge in [-0.3, -0.25) is 5.32 Å². The molecular formula is C17H23NO9. The molecule has 0 bridgehead atoms. The molecule has 1 fully saturated rings. The summed E-state index contributed by atoms with van der Waals surface area (Å²) in [5, 5.41) is 41.2. The maximum absolute atomic E-state index is 12.0. The van der Waals surface area contributed by atoms with Crippen molar-refractivity contribution in [3.63, 3.8) is 0 Å². The van der Waals surface area contributed by atoms with E-state index in [0.29, 0.717) is 11.3 Å². The van der Waals surface area contributed by atoms with Crippen molar-refractivity contribution in [3.8, 4) is 0 Å². The number of nitrogens with one attached hydrogen (secondary N) is 1. The number of hydrogen-bond donors (Lipinski definition) is 5. The van der Waals surface area contributed by atoms with E-state index in [1.165, 1.54) is 6.08 Å². The van der Waals surface area contributed by atoms with Gasteiger partial charge < -0.3 is 29.9 Å². The SMILES string of the molecule is C=CCOOCC1OC(OC(=O)Nc2ccc(CO)cc2)C(O)C(O)C1O. The van der Waals surface area contributed by atoms with Gasteiger partial charge >= 0.3 is 6.09 Å². The maximum atomic E-state index is 12.0. The number of amides is 1. The molecule has 1 heterocycles. The molecule has 27 heavy (non-hydrogen) atoms. The minimum atomic E-state index is -1.66. The number of aliphatic hydroxyl groups excluding tert-OH is 4. The predicted octanol–water partition coefficient (Wildman–Crippen LogP) is -0.331. The van der Waals surface area contributed by atoms with Crippen LogP contribution in [-0.4, -0.2) is 70.4 Å². The topological polar surface area (TPSA) is 147 Å². The standard InChI is InChI=1S/C17H23NO9/c1-2-7-24-25-9-12-13(20)14(21)15(22)16(26-12)27-17(23)18-11-5-3-10(8-19)4-6-11/h2-6,12-16,19-22H,1,7-9H2,(H,18,23). The van der Waals surface area contributed by atoms with Gasteiger partial charge in [0, 0.05) is 5.69 Å². The molecule has 1 aromatic carbocycles. The lowest BCUT2D eigenvalue weighted by atomic mass is 9.99. The number of rotatable bonds is 8. The summed E-state index contributed by atoms with van der Waals surface area (Å²) in [5.41, 5.74) is 1.05. The summed E-state index contributed by atoms with van der Waals surface area (Å²) in [6.07, 6.45) is -6.88. The Bertz CT molecular complexity index is 609. The average molecular weight is 385 g/mol. The summed E-state index contributed by atoms with van der Waals surface area (Å²) >= 11 is 0. The molecule has 1 saturated heterocycles. The first kappa shape index (κ1) is 21.3. The van der Waals surface area contributed by atoms with Crippen molar-refractivity contribution in [2.75, 3.05) is 18.5 Å². The molecule has 0 spiro atoms. The summed E-state index contributed by atoms with van der Waals surface area (Å²) in [6, 6.07) is 6.32. The number of benzene rings is 1. The first-order valence-corrected chi connectivity index (χ1v) is 8.18. The van der Waals surface area contributed by atoms with Crippen LogP contribution in [-0.2, 0) is 25.9 Å². The van der Waals surface area contributed by atoms with Crippen molar-refractivity contribution in [1.29, 1.82) is 0 Å². The minimum absolute atomic E-state index is 0.103. The predicted molar refractivity (Wildman–Crippen MR) is 91.3 cm³/mol. The highest BCUT2D eigenvalue weighted by Gasteiger charge is 2.45. The highest BCUT2D eigenvalue weighted by Crippen LogP contribution is 2.23. The second-order valence-corrected chi connectivity index (χ2v) is 5.76. The lowest BCUT2D eigenvalue weighted by Gasteiger charge is -2.39. The van der Waals surface area contributed by atoms with Crippen LogP contribution in [0.1, 0.15) is 5.56 Å². The van der Waals surface area contributed by atoms with E-state index in [1.54, 1.807) is 24.3 Å². The third-order valence-electron chi connectivity index (χ3n) is 3.78. The molecule has 1 aliphatic heterocycles. The maximum Gasteiger partial charge on any atom is 0.414 e. The number of ether oxygens (including phenoxy) is 2. The number of hydrogen-bond acceptors (Lipinski definition) is 9. The van der Waals surface area contributed by atoms with E-state index in [9.17, 15) is 20.1 Å². The van der Waals surface area contributed by atoms with E-state index >= 15 is 0 Å². The van der Waals surface area contributed by atoms with Crippen molar-refractivity contribution >= 4 is 11.8 Å². The third-order valence-corrected chi connectivity index (χ3v) is 3.78. The van der Waals surface area contributed by atoms with Crippen LogP contribution < -0.4 is 5.32 Å². The third kappa shape index (κ3) is 5.97. The first-order valence-electron chi connectivity index (χ1n) is 8.18. The fourth-order valence-corrected chi connectivity index (χ4v) is 2.31. The molecule has 0 radical (unpaired) electrons. The second-order valence-electron chi connectivity index (χ2n) is 5.76. The fraction of sp³-hybridized carbons (Fsp3) is 0.471. The molecule has 10 heteroatoms. The van der Waals surface area contributed by atoms with Gasteiger partial charge in [0.15, 0.2) is 0 Å². The van der Waals surface area contributed by atoms with Crippen LogP contribution in [0.15, 0.2) is 36.9 Å². The van der Waals surface area contributed by atoms with Crippen molar-refractivity contribution in [3.05, 3.63) is 42.5 Å². The van der Waals surface area contributed by atoms with Crippen LogP contribution in [0.2, 0.25) is 0 Å². The number of carbonyl (C=O) groups is 1. The lowest BCUT2D eigenvalue weighted by Crippen LogP contribution is -2.59. The molecule has 1 aliphatic rings. The molecule has 5 N–H and O–H groups in total. The van der Waals surface area contributed by atoms with Crippen LogP contribution in [0, 0.1) is 0 Å². The zero-order chi connectivity index (χ0) is 19.8. The monoisotopic (exact) mass is 385 g/mol. The van der Waals surface area contributed by atoms with Crippen LogP contribution in [0.25, 0.3) is 0 Å². The Morgan fingerprint density at radius 3 is 2.48 bits per heavy atom. The van der Waals surface area contributed by atoms with Crippen molar-refractivity contribution < 1.29 is 44.5 Å². The number of carbonyl (C=O) groups excluding carboxylic acids is 1. The molecule has 1 aromatic rings. The second kappa shape index (κ2) is 10.3. The van der Waals surface area contributed by atoms with Gasteiger partial charge in [-0.2, -0.15) is 0 Å². The zero-order valence-electron chi connectivity index (χ0n) is 14.4. The van der Waals surface area contributed by atoms with Gasteiger partial charge in [0.2, 0.25) is 6.29 Å². The Morgan fingerprint density at radius 1 is 1.15 bits per heavy atom. The molecule has 5 atom stereocenters. The molecule has 10 nitrogen and oxygen atoms in total.